The lowest BCUT2D eigenvalue weighted by Crippen LogP contribution is -2.38. The molecule has 1 aromatic rings. The molecule has 21 heavy (non-hydrogen) atoms. The standard InChI is InChI=1S/C12H16FN3O4S/c1-15(8-9-3-2-6-14-9)21(19,20)10-4-5-11(13)12(7-10)16(17)18/h4-5,7,9,14H,2-3,6,8H2,1H3. The van der Waals surface area contributed by atoms with Crippen molar-refractivity contribution in [1.29, 1.82) is 0 Å². The topological polar surface area (TPSA) is 92.6 Å². The molecule has 9 heteroatoms. The van der Waals surface area contributed by atoms with E-state index >= 15 is 0 Å². The summed E-state index contributed by atoms with van der Waals surface area (Å²) in [4.78, 5) is 9.48. The Hall–Kier alpha value is -1.58. The van der Waals surface area contributed by atoms with Crippen LogP contribution in [0.15, 0.2) is 23.1 Å². The average molecular weight is 317 g/mol. The van der Waals surface area contributed by atoms with Gasteiger partial charge in [-0.1, -0.05) is 0 Å². The molecule has 1 saturated heterocycles. The minimum absolute atomic E-state index is 0.0696. The molecule has 7 nitrogen and oxygen atoms in total. The van der Waals surface area contributed by atoms with Crippen LogP contribution < -0.4 is 5.32 Å². The molecule has 0 aliphatic carbocycles. The molecule has 0 saturated carbocycles. The van der Waals surface area contributed by atoms with Gasteiger partial charge in [-0.05, 0) is 31.5 Å². The van der Waals surface area contributed by atoms with Crippen LogP contribution >= 0.6 is 0 Å². The summed E-state index contributed by atoms with van der Waals surface area (Å²) in [5.41, 5.74) is -0.844. The highest BCUT2D eigenvalue weighted by Crippen LogP contribution is 2.24. The molecular formula is C12H16FN3O4S. The number of nitrogens with zero attached hydrogens (tertiary/aromatic N) is 2. The van der Waals surface area contributed by atoms with Gasteiger partial charge in [0.25, 0.3) is 0 Å². The molecule has 1 atom stereocenters. The third kappa shape index (κ3) is 3.36. The largest absolute Gasteiger partial charge is 0.313 e. The summed E-state index contributed by atoms with van der Waals surface area (Å²) in [5, 5.41) is 13.9. The fourth-order valence-electron chi connectivity index (χ4n) is 2.29. The Labute approximate surface area is 122 Å². The fourth-order valence-corrected chi connectivity index (χ4v) is 3.53. The Kier molecular flexibility index (Phi) is 4.55. The van der Waals surface area contributed by atoms with Crippen molar-refractivity contribution in [2.45, 2.75) is 23.8 Å². The second kappa shape index (κ2) is 6.04. The van der Waals surface area contributed by atoms with Crippen molar-refractivity contribution in [2.75, 3.05) is 20.1 Å². The van der Waals surface area contributed by atoms with Crippen molar-refractivity contribution in [3.63, 3.8) is 0 Å². The van der Waals surface area contributed by atoms with Crippen molar-refractivity contribution < 1.29 is 17.7 Å². The number of rotatable bonds is 5. The SMILES string of the molecule is CN(CC1CCCN1)S(=O)(=O)c1ccc(F)c([N+](=O)[O-])c1. The first kappa shape index (κ1) is 15.8. The number of halogens is 1. The summed E-state index contributed by atoms with van der Waals surface area (Å²) < 4.78 is 39.1. The summed E-state index contributed by atoms with van der Waals surface area (Å²) in [6, 6.07) is 2.66. The van der Waals surface area contributed by atoms with Crippen LogP contribution in [0.2, 0.25) is 0 Å². The molecule has 1 aromatic carbocycles. The van der Waals surface area contributed by atoms with Crippen molar-refractivity contribution in [1.82, 2.24) is 9.62 Å². The van der Waals surface area contributed by atoms with Crippen LogP contribution in [0.3, 0.4) is 0 Å². The molecule has 0 aromatic heterocycles. The molecule has 1 aliphatic rings. The zero-order valence-corrected chi connectivity index (χ0v) is 12.3. The smallest absolute Gasteiger partial charge is 0.306 e. The molecule has 1 N–H and O–H groups in total. The van der Waals surface area contributed by atoms with Gasteiger partial charge in [0.1, 0.15) is 0 Å². The van der Waals surface area contributed by atoms with Crippen LogP contribution in [0, 0.1) is 15.9 Å². The highest BCUT2D eigenvalue weighted by molar-refractivity contribution is 7.89. The Bertz CT molecular complexity index is 644. The maximum atomic E-state index is 13.3. The molecule has 2 rings (SSSR count). The summed E-state index contributed by atoms with van der Waals surface area (Å²) in [6.45, 7) is 1.12. The lowest BCUT2D eigenvalue weighted by molar-refractivity contribution is -0.387. The average Bonchev–Trinajstić information content (AvgIpc) is 2.91. The van der Waals surface area contributed by atoms with E-state index in [0.29, 0.717) is 0 Å². The van der Waals surface area contributed by atoms with E-state index in [0.717, 1.165) is 41.9 Å². The number of nitrogens with one attached hydrogen (secondary N) is 1. The zero-order chi connectivity index (χ0) is 15.6. The van der Waals surface area contributed by atoms with Crippen LogP contribution in [-0.2, 0) is 10.0 Å². The maximum absolute atomic E-state index is 13.3. The summed E-state index contributed by atoms with van der Waals surface area (Å²) in [6.07, 6.45) is 1.87. The van der Waals surface area contributed by atoms with Gasteiger partial charge in [0.15, 0.2) is 0 Å². The number of benzene rings is 1. The van der Waals surface area contributed by atoms with Crippen molar-refractivity contribution >= 4 is 15.7 Å². The van der Waals surface area contributed by atoms with Gasteiger partial charge < -0.3 is 5.32 Å². The number of hydrogen-bond acceptors (Lipinski definition) is 5. The van der Waals surface area contributed by atoms with Gasteiger partial charge >= 0.3 is 5.69 Å². The van der Waals surface area contributed by atoms with E-state index in [1.165, 1.54) is 7.05 Å². The second-order valence-electron chi connectivity index (χ2n) is 4.95. The van der Waals surface area contributed by atoms with Crippen molar-refractivity contribution in [3.05, 3.63) is 34.1 Å². The molecule has 116 valence electrons. The van der Waals surface area contributed by atoms with E-state index in [1.807, 2.05) is 0 Å². The van der Waals surface area contributed by atoms with Crippen LogP contribution in [0.5, 0.6) is 0 Å². The van der Waals surface area contributed by atoms with E-state index in [-0.39, 0.29) is 17.5 Å². The molecule has 1 unspecified atom stereocenters. The number of nitro groups is 1. The van der Waals surface area contributed by atoms with Gasteiger partial charge in [-0.25, -0.2) is 8.42 Å². The Morgan fingerprint density at radius 2 is 2.24 bits per heavy atom. The van der Waals surface area contributed by atoms with E-state index in [9.17, 15) is 22.9 Å². The molecule has 0 amide bonds. The van der Waals surface area contributed by atoms with Crippen molar-refractivity contribution in [2.24, 2.45) is 0 Å². The third-order valence-corrected chi connectivity index (χ3v) is 5.28. The number of hydrogen-bond donors (Lipinski definition) is 1. The second-order valence-corrected chi connectivity index (χ2v) is 6.99. The molecule has 0 spiro atoms. The first-order chi connectivity index (χ1) is 9.82. The van der Waals surface area contributed by atoms with E-state index < -0.39 is 26.5 Å². The molecule has 0 radical (unpaired) electrons. The third-order valence-electron chi connectivity index (χ3n) is 3.46. The lowest BCUT2D eigenvalue weighted by Gasteiger charge is -2.21. The zero-order valence-electron chi connectivity index (χ0n) is 11.5. The van der Waals surface area contributed by atoms with Crippen LogP contribution in [-0.4, -0.2) is 43.8 Å². The summed E-state index contributed by atoms with van der Waals surface area (Å²) >= 11 is 0. The van der Waals surface area contributed by atoms with Gasteiger partial charge in [0, 0.05) is 25.7 Å². The molecule has 1 fully saturated rings. The van der Waals surface area contributed by atoms with Gasteiger partial charge in [-0.3, -0.25) is 10.1 Å². The minimum Gasteiger partial charge on any atom is -0.313 e. The lowest BCUT2D eigenvalue weighted by atomic mass is 10.2. The van der Waals surface area contributed by atoms with E-state index in [1.54, 1.807) is 0 Å². The first-order valence-corrected chi connectivity index (χ1v) is 7.90. The predicted octanol–water partition coefficient (Wildman–Crippen LogP) is 1.11. The highest BCUT2D eigenvalue weighted by Gasteiger charge is 2.27. The quantitative estimate of drug-likeness (QED) is 0.648. The Balaban J connectivity index is 2.26. The van der Waals surface area contributed by atoms with Crippen molar-refractivity contribution in [3.8, 4) is 0 Å². The minimum atomic E-state index is -3.88. The highest BCUT2D eigenvalue weighted by atomic mass is 32.2. The summed E-state index contributed by atoms with van der Waals surface area (Å²) in [7, 11) is -2.47. The van der Waals surface area contributed by atoms with Crippen LogP contribution in [0.1, 0.15) is 12.8 Å². The van der Waals surface area contributed by atoms with Gasteiger partial charge in [-0.15, -0.1) is 0 Å². The predicted molar refractivity (Wildman–Crippen MR) is 73.9 cm³/mol. The summed E-state index contributed by atoms with van der Waals surface area (Å²) in [5.74, 6) is -1.06. The Morgan fingerprint density at radius 1 is 1.52 bits per heavy atom. The monoisotopic (exact) mass is 317 g/mol. The molecular weight excluding hydrogens is 301 g/mol. The number of likely N-dealkylation sites (N-methyl/N-ethyl adjacent to an activating group) is 1. The van der Waals surface area contributed by atoms with Crippen LogP contribution in [0.25, 0.3) is 0 Å². The van der Waals surface area contributed by atoms with E-state index in [2.05, 4.69) is 5.32 Å². The van der Waals surface area contributed by atoms with E-state index in [4.69, 9.17) is 0 Å². The Morgan fingerprint density at radius 3 is 2.81 bits per heavy atom. The van der Waals surface area contributed by atoms with Gasteiger partial charge in [0.2, 0.25) is 15.8 Å². The molecule has 1 heterocycles. The first-order valence-electron chi connectivity index (χ1n) is 6.46. The molecule has 1 aliphatic heterocycles. The van der Waals surface area contributed by atoms with Gasteiger partial charge in [-0.2, -0.15) is 8.70 Å². The van der Waals surface area contributed by atoms with Gasteiger partial charge in [0.05, 0.1) is 9.82 Å². The fraction of sp³-hybridized carbons (Fsp3) is 0.500. The maximum Gasteiger partial charge on any atom is 0.306 e. The molecule has 0 bridgehead atoms. The normalized spacial score (nSPS) is 19.1. The van der Waals surface area contributed by atoms with Crippen LogP contribution in [0.4, 0.5) is 10.1 Å². The number of nitro benzene ring substituents is 1. The number of sulfonamides is 1.